The van der Waals surface area contributed by atoms with Crippen molar-refractivity contribution in [1.29, 1.82) is 0 Å². The van der Waals surface area contributed by atoms with Crippen LogP contribution in [0.2, 0.25) is 0 Å². The van der Waals surface area contributed by atoms with Crippen LogP contribution in [0.15, 0.2) is 24.3 Å². The van der Waals surface area contributed by atoms with E-state index in [4.69, 9.17) is 5.11 Å². The molecular formula is C15H19N3O3. The fourth-order valence-corrected chi connectivity index (χ4v) is 2.96. The number of rotatable bonds is 2. The molecular weight excluding hydrogens is 270 g/mol. The highest BCUT2D eigenvalue weighted by Gasteiger charge is 2.29. The van der Waals surface area contributed by atoms with E-state index in [0.717, 1.165) is 0 Å². The summed E-state index contributed by atoms with van der Waals surface area (Å²) < 4.78 is 0. The molecule has 0 aromatic heterocycles. The molecule has 0 bridgehead atoms. The van der Waals surface area contributed by atoms with Crippen molar-refractivity contribution in [3.63, 3.8) is 0 Å². The Morgan fingerprint density at radius 1 is 0.952 bits per heavy atom. The number of amides is 2. The molecule has 0 aliphatic carbocycles. The van der Waals surface area contributed by atoms with Crippen LogP contribution in [0.25, 0.3) is 0 Å². The van der Waals surface area contributed by atoms with E-state index >= 15 is 0 Å². The molecule has 21 heavy (non-hydrogen) atoms. The van der Waals surface area contributed by atoms with Crippen LogP contribution in [0, 0.1) is 0 Å². The van der Waals surface area contributed by atoms with Gasteiger partial charge in [0.15, 0.2) is 0 Å². The van der Waals surface area contributed by atoms with Gasteiger partial charge in [-0.05, 0) is 11.1 Å². The van der Waals surface area contributed by atoms with Gasteiger partial charge in [-0.3, -0.25) is 9.69 Å². The third kappa shape index (κ3) is 3.00. The highest BCUT2D eigenvalue weighted by atomic mass is 16.4. The minimum absolute atomic E-state index is 0.0528. The topological polar surface area (TPSA) is 64.1 Å². The summed E-state index contributed by atoms with van der Waals surface area (Å²) in [5.41, 5.74) is 2.44. The monoisotopic (exact) mass is 289 g/mol. The molecule has 0 radical (unpaired) electrons. The van der Waals surface area contributed by atoms with Crippen molar-refractivity contribution in [2.24, 2.45) is 0 Å². The Morgan fingerprint density at radius 2 is 1.52 bits per heavy atom. The van der Waals surface area contributed by atoms with E-state index in [1.807, 2.05) is 26.8 Å². The molecule has 2 aliphatic rings. The van der Waals surface area contributed by atoms with Gasteiger partial charge in [-0.25, -0.2) is 4.79 Å². The molecule has 6 nitrogen and oxygen atoms in total. The van der Waals surface area contributed by atoms with Gasteiger partial charge < -0.3 is 14.9 Å². The number of benzene rings is 1. The normalized spacial score (nSPS) is 18.7. The van der Waals surface area contributed by atoms with E-state index in [2.05, 4.69) is 12.1 Å². The predicted octanol–water partition coefficient (Wildman–Crippen LogP) is 0.824. The molecule has 1 saturated heterocycles. The average molecular weight is 289 g/mol. The highest BCUT2D eigenvalue weighted by Crippen LogP contribution is 2.23. The molecule has 3 rings (SSSR count). The second-order valence-corrected chi connectivity index (χ2v) is 5.56. The van der Waals surface area contributed by atoms with E-state index in [-0.39, 0.29) is 12.6 Å². The highest BCUT2D eigenvalue weighted by molar-refractivity contribution is 5.75. The van der Waals surface area contributed by atoms with Gasteiger partial charge in [-0.2, -0.15) is 0 Å². The number of nitrogens with zero attached hydrogens (tertiary/aromatic N) is 3. The van der Waals surface area contributed by atoms with Crippen LogP contribution in [-0.4, -0.2) is 64.5 Å². The summed E-state index contributed by atoms with van der Waals surface area (Å²) in [7, 11) is 0. The van der Waals surface area contributed by atoms with Crippen LogP contribution in [0.1, 0.15) is 11.1 Å². The molecule has 1 aromatic rings. The van der Waals surface area contributed by atoms with Crippen molar-refractivity contribution in [1.82, 2.24) is 14.7 Å². The lowest BCUT2D eigenvalue weighted by Crippen LogP contribution is -2.52. The lowest BCUT2D eigenvalue weighted by Gasteiger charge is -2.35. The first-order valence-electron chi connectivity index (χ1n) is 7.18. The van der Waals surface area contributed by atoms with E-state index in [1.165, 1.54) is 11.1 Å². The first-order chi connectivity index (χ1) is 10.1. The molecule has 0 saturated carbocycles. The van der Waals surface area contributed by atoms with Gasteiger partial charge in [0.05, 0.1) is 6.54 Å². The van der Waals surface area contributed by atoms with E-state index in [0.29, 0.717) is 39.3 Å². The average Bonchev–Trinajstić information content (AvgIpc) is 2.90. The molecule has 1 fully saturated rings. The Kier molecular flexibility index (Phi) is 3.79. The standard InChI is InChI=1S/C15H19N3O3/c19-14(20)11-16-5-7-17(8-6-16)15(21)18-9-12-3-1-2-4-13(12)10-18/h1-4H,5-11H2,(H,19,20). The van der Waals surface area contributed by atoms with Gasteiger partial charge in [-0.1, -0.05) is 24.3 Å². The smallest absolute Gasteiger partial charge is 0.320 e. The van der Waals surface area contributed by atoms with E-state index < -0.39 is 5.97 Å². The van der Waals surface area contributed by atoms with Gasteiger partial charge in [0, 0.05) is 39.3 Å². The zero-order chi connectivity index (χ0) is 14.8. The summed E-state index contributed by atoms with van der Waals surface area (Å²) >= 11 is 0. The Labute approximate surface area is 123 Å². The maximum atomic E-state index is 12.5. The predicted molar refractivity (Wildman–Crippen MR) is 76.7 cm³/mol. The molecule has 0 unspecified atom stereocenters. The quantitative estimate of drug-likeness (QED) is 0.875. The van der Waals surface area contributed by atoms with Crippen LogP contribution in [0.5, 0.6) is 0 Å². The summed E-state index contributed by atoms with van der Waals surface area (Å²) in [6, 6.07) is 8.18. The number of hydrogen-bond acceptors (Lipinski definition) is 3. The molecule has 0 atom stereocenters. The number of carbonyl (C=O) groups is 2. The summed E-state index contributed by atoms with van der Waals surface area (Å²) in [5, 5.41) is 8.78. The van der Waals surface area contributed by atoms with Crippen molar-refractivity contribution in [3.8, 4) is 0 Å². The molecule has 2 heterocycles. The van der Waals surface area contributed by atoms with Crippen molar-refractivity contribution >= 4 is 12.0 Å². The zero-order valence-electron chi connectivity index (χ0n) is 11.9. The number of carboxylic acids is 1. The molecule has 1 N–H and O–H groups in total. The molecule has 6 heteroatoms. The van der Waals surface area contributed by atoms with Crippen molar-refractivity contribution in [3.05, 3.63) is 35.4 Å². The largest absolute Gasteiger partial charge is 0.480 e. The summed E-state index contributed by atoms with van der Waals surface area (Å²) in [5.74, 6) is -0.815. The van der Waals surface area contributed by atoms with Gasteiger partial charge in [0.25, 0.3) is 0 Å². The Morgan fingerprint density at radius 3 is 2.05 bits per heavy atom. The van der Waals surface area contributed by atoms with Crippen LogP contribution in [0.4, 0.5) is 4.79 Å². The van der Waals surface area contributed by atoms with Gasteiger partial charge in [0.1, 0.15) is 0 Å². The molecule has 2 aliphatic heterocycles. The van der Waals surface area contributed by atoms with Crippen molar-refractivity contribution in [2.45, 2.75) is 13.1 Å². The Bertz CT molecular complexity index is 528. The lowest BCUT2D eigenvalue weighted by molar-refractivity contribution is -0.138. The van der Waals surface area contributed by atoms with Crippen LogP contribution >= 0.6 is 0 Å². The molecule has 112 valence electrons. The van der Waals surface area contributed by atoms with Gasteiger partial charge in [0.2, 0.25) is 0 Å². The maximum absolute atomic E-state index is 12.5. The minimum Gasteiger partial charge on any atom is -0.480 e. The van der Waals surface area contributed by atoms with Crippen LogP contribution in [0.3, 0.4) is 0 Å². The SMILES string of the molecule is O=C(O)CN1CCN(C(=O)N2Cc3ccccc3C2)CC1. The van der Waals surface area contributed by atoms with Crippen molar-refractivity contribution in [2.75, 3.05) is 32.7 Å². The second-order valence-electron chi connectivity index (χ2n) is 5.56. The third-order valence-electron chi connectivity index (χ3n) is 4.11. The Balaban J connectivity index is 1.55. The fraction of sp³-hybridized carbons (Fsp3) is 0.467. The summed E-state index contributed by atoms with van der Waals surface area (Å²) in [6.07, 6.45) is 0. The first kappa shape index (κ1) is 13.9. The number of carboxylic acid groups (broad SMARTS) is 1. The van der Waals surface area contributed by atoms with Crippen LogP contribution in [-0.2, 0) is 17.9 Å². The number of aliphatic carboxylic acids is 1. The minimum atomic E-state index is -0.815. The second kappa shape index (κ2) is 5.73. The summed E-state index contributed by atoms with van der Waals surface area (Å²) in [6.45, 7) is 3.83. The van der Waals surface area contributed by atoms with E-state index in [1.54, 1.807) is 0 Å². The van der Waals surface area contributed by atoms with Crippen molar-refractivity contribution < 1.29 is 14.7 Å². The third-order valence-corrected chi connectivity index (χ3v) is 4.11. The number of piperazine rings is 1. The molecule has 1 aromatic carbocycles. The fourth-order valence-electron chi connectivity index (χ4n) is 2.96. The molecule has 0 spiro atoms. The molecule has 2 amide bonds. The van der Waals surface area contributed by atoms with E-state index in [9.17, 15) is 9.59 Å². The number of urea groups is 1. The first-order valence-corrected chi connectivity index (χ1v) is 7.18. The van der Waals surface area contributed by atoms with Gasteiger partial charge in [-0.15, -0.1) is 0 Å². The zero-order valence-corrected chi connectivity index (χ0v) is 11.9. The maximum Gasteiger partial charge on any atom is 0.320 e. The number of hydrogen-bond donors (Lipinski definition) is 1. The van der Waals surface area contributed by atoms with Gasteiger partial charge >= 0.3 is 12.0 Å². The van der Waals surface area contributed by atoms with Crippen LogP contribution < -0.4 is 0 Å². The number of fused-ring (bicyclic) bond motifs is 1. The Hall–Kier alpha value is -2.08. The summed E-state index contributed by atoms with van der Waals surface area (Å²) in [4.78, 5) is 28.8. The number of carbonyl (C=O) groups excluding carboxylic acids is 1. The lowest BCUT2D eigenvalue weighted by atomic mass is 10.1.